The van der Waals surface area contributed by atoms with Gasteiger partial charge in [0.15, 0.2) is 5.78 Å². The minimum Gasteiger partial charge on any atom is -0.493 e. The molecular formula is C20H23BrN4O2. The Hall–Kier alpha value is -2.15. The van der Waals surface area contributed by atoms with Crippen LogP contribution in [-0.2, 0) is 4.79 Å². The van der Waals surface area contributed by atoms with Crippen molar-refractivity contribution < 1.29 is 9.53 Å². The Morgan fingerprint density at radius 1 is 1.37 bits per heavy atom. The molecule has 6 nitrogen and oxygen atoms in total. The number of nitrogens with zero attached hydrogens (tertiary/aromatic N) is 3. The van der Waals surface area contributed by atoms with Gasteiger partial charge in [-0.05, 0) is 36.5 Å². The summed E-state index contributed by atoms with van der Waals surface area (Å²) >= 11 is 3.57. The van der Waals surface area contributed by atoms with Crippen molar-refractivity contribution in [2.24, 2.45) is 5.41 Å². The number of carbonyl (C=O) groups is 1. The van der Waals surface area contributed by atoms with Crippen LogP contribution in [0.5, 0.6) is 5.75 Å². The summed E-state index contributed by atoms with van der Waals surface area (Å²) in [4.78, 5) is 17.5. The third-order valence-electron chi connectivity index (χ3n) is 5.00. The maximum Gasteiger partial charge on any atom is 0.226 e. The molecule has 0 saturated heterocycles. The quantitative estimate of drug-likeness (QED) is 0.773. The Bertz CT molecular complexity index is 932. The molecule has 0 spiro atoms. The van der Waals surface area contributed by atoms with Crippen LogP contribution in [0, 0.1) is 5.41 Å². The summed E-state index contributed by atoms with van der Waals surface area (Å²) in [5.41, 5.74) is 2.57. The summed E-state index contributed by atoms with van der Waals surface area (Å²) in [6.45, 7) is 6.95. The number of hydrogen-bond acceptors (Lipinski definition) is 5. The van der Waals surface area contributed by atoms with Crippen LogP contribution in [-0.4, -0.2) is 27.2 Å². The molecule has 27 heavy (non-hydrogen) atoms. The van der Waals surface area contributed by atoms with Crippen molar-refractivity contribution in [2.75, 3.05) is 11.9 Å². The Balaban J connectivity index is 1.90. The zero-order valence-corrected chi connectivity index (χ0v) is 17.3. The van der Waals surface area contributed by atoms with E-state index in [1.807, 2.05) is 18.2 Å². The molecule has 1 unspecified atom stereocenters. The molecule has 0 saturated carbocycles. The molecule has 1 atom stereocenters. The minimum absolute atomic E-state index is 0.0749. The zero-order valence-electron chi connectivity index (χ0n) is 15.8. The number of fused-ring (bicyclic) bond motifs is 1. The number of hydrogen-bond donors (Lipinski definition) is 1. The van der Waals surface area contributed by atoms with Crippen LogP contribution < -0.4 is 10.1 Å². The molecule has 0 fully saturated rings. The van der Waals surface area contributed by atoms with Gasteiger partial charge in [0.1, 0.15) is 18.1 Å². The molecule has 142 valence electrons. The van der Waals surface area contributed by atoms with Gasteiger partial charge in [0, 0.05) is 27.7 Å². The van der Waals surface area contributed by atoms with E-state index in [-0.39, 0.29) is 17.2 Å². The fraction of sp³-hybridized carbons (Fsp3) is 0.450. The third-order valence-corrected chi connectivity index (χ3v) is 5.50. The second-order valence-electron chi connectivity index (χ2n) is 7.92. The van der Waals surface area contributed by atoms with Gasteiger partial charge < -0.3 is 10.1 Å². The Kier molecular flexibility index (Phi) is 4.58. The molecule has 1 aliphatic heterocycles. The first-order valence-corrected chi connectivity index (χ1v) is 10.0. The average molecular weight is 431 g/mol. The van der Waals surface area contributed by atoms with Gasteiger partial charge in [-0.15, -0.1) is 0 Å². The lowest BCUT2D eigenvalue weighted by atomic mass is 9.73. The summed E-state index contributed by atoms with van der Waals surface area (Å²) in [5, 5.41) is 7.75. The summed E-state index contributed by atoms with van der Waals surface area (Å²) < 4.78 is 8.73. The van der Waals surface area contributed by atoms with Crippen LogP contribution >= 0.6 is 15.9 Å². The number of ether oxygens (including phenoxy) is 1. The third kappa shape index (κ3) is 3.29. The number of Topliss-reactive ketones (excluding diaryl/α,β-unsaturated/α-hetero) is 1. The fourth-order valence-electron chi connectivity index (χ4n) is 3.91. The molecule has 1 N–H and O–H groups in total. The highest BCUT2D eigenvalue weighted by molar-refractivity contribution is 9.10. The maximum absolute atomic E-state index is 13.2. The first kappa shape index (κ1) is 18.2. The van der Waals surface area contributed by atoms with Crippen LogP contribution in [0.3, 0.4) is 0 Å². The van der Waals surface area contributed by atoms with E-state index >= 15 is 0 Å². The lowest BCUT2D eigenvalue weighted by molar-refractivity contribution is -0.118. The number of aromatic nitrogens is 3. The molecule has 0 bridgehead atoms. The first-order valence-electron chi connectivity index (χ1n) is 9.24. The standard InChI is InChI=1S/C20H23BrN4O2/c1-4-7-27-16-6-5-12(21)8-13(16)18-17-14(9-20(2,3)10-15(17)26)24-19-22-11-23-25(18)19/h5-6,8,11,18H,4,7,9-10H2,1-3H3,(H,22,23,24). The number of anilines is 1. The highest BCUT2D eigenvalue weighted by Crippen LogP contribution is 2.47. The maximum atomic E-state index is 13.2. The number of halogens is 1. The van der Waals surface area contributed by atoms with Crippen LogP contribution in [0.4, 0.5) is 5.95 Å². The summed E-state index contributed by atoms with van der Waals surface area (Å²) in [5.74, 6) is 1.59. The van der Waals surface area contributed by atoms with E-state index in [2.05, 4.69) is 52.1 Å². The topological polar surface area (TPSA) is 69.0 Å². The summed E-state index contributed by atoms with van der Waals surface area (Å²) in [6, 6.07) is 5.58. The van der Waals surface area contributed by atoms with Crippen LogP contribution in [0.1, 0.15) is 51.6 Å². The molecule has 0 amide bonds. The first-order chi connectivity index (χ1) is 12.9. The highest BCUT2D eigenvalue weighted by Gasteiger charge is 2.42. The molecular weight excluding hydrogens is 408 g/mol. The van der Waals surface area contributed by atoms with Gasteiger partial charge >= 0.3 is 0 Å². The monoisotopic (exact) mass is 430 g/mol. The second-order valence-corrected chi connectivity index (χ2v) is 8.84. The van der Waals surface area contributed by atoms with Crippen LogP contribution in [0.15, 0.2) is 40.3 Å². The molecule has 1 aromatic carbocycles. The van der Waals surface area contributed by atoms with Gasteiger partial charge in [-0.2, -0.15) is 10.1 Å². The Morgan fingerprint density at radius 3 is 2.96 bits per heavy atom. The van der Waals surface area contributed by atoms with Gasteiger partial charge in [0.2, 0.25) is 5.95 Å². The second kappa shape index (κ2) is 6.78. The van der Waals surface area contributed by atoms with Gasteiger partial charge in [0.25, 0.3) is 0 Å². The van der Waals surface area contributed by atoms with Gasteiger partial charge in [-0.3, -0.25) is 4.79 Å². The molecule has 2 heterocycles. The lowest BCUT2D eigenvalue weighted by Crippen LogP contribution is -2.36. The summed E-state index contributed by atoms with van der Waals surface area (Å²) in [7, 11) is 0. The van der Waals surface area contributed by atoms with Crippen molar-refractivity contribution in [3.8, 4) is 5.75 Å². The highest BCUT2D eigenvalue weighted by atomic mass is 79.9. The zero-order chi connectivity index (χ0) is 19.2. The van der Waals surface area contributed by atoms with Gasteiger partial charge in [-0.25, -0.2) is 4.68 Å². The molecule has 7 heteroatoms. The van der Waals surface area contributed by atoms with Crippen LogP contribution in [0.25, 0.3) is 0 Å². The van der Waals surface area contributed by atoms with Crippen molar-refractivity contribution >= 4 is 27.7 Å². The Labute approximate surface area is 167 Å². The van der Waals surface area contributed by atoms with Crippen molar-refractivity contribution in [1.82, 2.24) is 14.8 Å². The molecule has 2 aromatic rings. The number of ketones is 1. The molecule has 2 aliphatic rings. The molecule has 0 radical (unpaired) electrons. The van der Waals surface area contributed by atoms with Gasteiger partial charge in [0.05, 0.1) is 6.61 Å². The normalized spacial score (nSPS) is 20.7. The van der Waals surface area contributed by atoms with E-state index in [4.69, 9.17) is 4.74 Å². The molecule has 1 aromatic heterocycles. The van der Waals surface area contributed by atoms with E-state index in [1.165, 1.54) is 6.33 Å². The van der Waals surface area contributed by atoms with E-state index in [9.17, 15) is 4.79 Å². The number of nitrogens with one attached hydrogen (secondary N) is 1. The van der Waals surface area contributed by atoms with Crippen molar-refractivity contribution in [3.05, 3.63) is 45.8 Å². The number of carbonyl (C=O) groups excluding carboxylic acids is 1. The van der Waals surface area contributed by atoms with Crippen molar-refractivity contribution in [2.45, 2.75) is 46.1 Å². The Morgan fingerprint density at radius 2 is 2.19 bits per heavy atom. The van der Waals surface area contributed by atoms with E-state index in [1.54, 1.807) is 4.68 Å². The van der Waals surface area contributed by atoms with E-state index in [0.717, 1.165) is 39.9 Å². The lowest BCUT2D eigenvalue weighted by Gasteiger charge is -2.38. The number of allylic oxidation sites excluding steroid dienone is 2. The fourth-order valence-corrected chi connectivity index (χ4v) is 4.29. The number of rotatable bonds is 4. The van der Waals surface area contributed by atoms with Crippen molar-refractivity contribution in [3.63, 3.8) is 0 Å². The van der Waals surface area contributed by atoms with E-state index in [0.29, 0.717) is 19.0 Å². The van der Waals surface area contributed by atoms with Gasteiger partial charge in [-0.1, -0.05) is 36.7 Å². The SMILES string of the molecule is CCCOc1ccc(Br)cc1C1C2=C(CC(C)(C)CC2=O)Nc2ncnn21. The number of benzene rings is 1. The molecule has 4 rings (SSSR count). The predicted octanol–water partition coefficient (Wildman–Crippen LogP) is 4.49. The summed E-state index contributed by atoms with van der Waals surface area (Å²) in [6.07, 6.45) is 3.76. The van der Waals surface area contributed by atoms with Crippen LogP contribution in [0.2, 0.25) is 0 Å². The van der Waals surface area contributed by atoms with E-state index < -0.39 is 0 Å². The predicted molar refractivity (Wildman–Crippen MR) is 107 cm³/mol. The molecule has 1 aliphatic carbocycles. The average Bonchev–Trinajstić information content (AvgIpc) is 3.05. The largest absolute Gasteiger partial charge is 0.493 e. The van der Waals surface area contributed by atoms with Crippen molar-refractivity contribution in [1.29, 1.82) is 0 Å². The smallest absolute Gasteiger partial charge is 0.226 e. The minimum atomic E-state index is -0.341.